The molecule has 0 bridgehead atoms. The topological polar surface area (TPSA) is 73.6 Å². The zero-order valence-electron chi connectivity index (χ0n) is 19.7. The van der Waals surface area contributed by atoms with Gasteiger partial charge in [0.2, 0.25) is 5.75 Å². The first-order valence-electron chi connectivity index (χ1n) is 11.6. The highest BCUT2D eigenvalue weighted by molar-refractivity contribution is 6.98. The second kappa shape index (κ2) is 7.63. The zero-order valence-corrected chi connectivity index (χ0v) is 19.7. The molecule has 35 heavy (non-hydrogen) atoms. The molecule has 0 saturated carbocycles. The Morgan fingerprint density at radius 2 is 1.49 bits per heavy atom. The van der Waals surface area contributed by atoms with Crippen molar-refractivity contribution in [2.75, 3.05) is 5.32 Å². The van der Waals surface area contributed by atoms with E-state index in [2.05, 4.69) is 32.2 Å². The summed E-state index contributed by atoms with van der Waals surface area (Å²) in [6.07, 6.45) is 0. The lowest BCUT2D eigenvalue weighted by Gasteiger charge is -2.33. The number of hydrogen-bond acceptors (Lipinski definition) is 5. The van der Waals surface area contributed by atoms with E-state index in [1.165, 1.54) is 0 Å². The Bertz CT molecular complexity index is 1500. The molecule has 0 spiro atoms. The molecule has 0 amide bonds. The summed E-state index contributed by atoms with van der Waals surface area (Å²) >= 11 is 0. The quantitative estimate of drug-likeness (QED) is 0.218. The number of nitrogens with zero attached hydrogens (tertiary/aromatic N) is 1. The number of ether oxygens (including phenoxy) is 2. The summed E-state index contributed by atoms with van der Waals surface area (Å²) < 4.78 is 12.5. The van der Waals surface area contributed by atoms with Crippen LogP contribution >= 0.6 is 0 Å². The number of nitrogens with one attached hydrogen (secondary N) is 1. The lowest BCUT2D eigenvalue weighted by molar-refractivity contribution is -0.384. The van der Waals surface area contributed by atoms with E-state index in [-0.39, 0.29) is 28.5 Å². The number of anilines is 2. The van der Waals surface area contributed by atoms with E-state index >= 15 is 0 Å². The fourth-order valence-electron chi connectivity index (χ4n) is 4.93. The van der Waals surface area contributed by atoms with Gasteiger partial charge in [-0.25, -0.2) is 0 Å². The van der Waals surface area contributed by atoms with E-state index in [4.69, 9.17) is 9.47 Å². The molecule has 0 atom stereocenters. The standard InChI is InChI=1S/C28H23BN2O4/c1-28(2,3)17-9-8-10-18(15-17)30-21-16-24-25-27(26(21)31(32)33)35-23-14-7-5-12-20(23)29(25)19-11-4-6-13-22(19)34-24/h4-16,30H,1-3H3. The molecule has 6 rings (SSSR count). The normalized spacial score (nSPS) is 13.1. The van der Waals surface area contributed by atoms with Gasteiger partial charge in [-0.2, -0.15) is 0 Å². The van der Waals surface area contributed by atoms with Crippen molar-refractivity contribution in [2.24, 2.45) is 0 Å². The third kappa shape index (κ3) is 3.43. The molecule has 0 saturated heterocycles. The zero-order chi connectivity index (χ0) is 24.3. The molecule has 172 valence electrons. The molecule has 0 radical (unpaired) electrons. The van der Waals surface area contributed by atoms with E-state index in [0.29, 0.717) is 22.6 Å². The summed E-state index contributed by atoms with van der Waals surface area (Å²) in [5, 5.41) is 15.7. The molecule has 4 aromatic carbocycles. The van der Waals surface area contributed by atoms with Crippen LogP contribution in [0.15, 0.2) is 78.9 Å². The highest BCUT2D eigenvalue weighted by Gasteiger charge is 2.44. The molecule has 0 aliphatic carbocycles. The second-order valence-corrected chi connectivity index (χ2v) is 9.94. The largest absolute Gasteiger partial charge is 0.458 e. The van der Waals surface area contributed by atoms with Crippen LogP contribution < -0.4 is 31.2 Å². The lowest BCUT2D eigenvalue weighted by Crippen LogP contribution is -2.57. The summed E-state index contributed by atoms with van der Waals surface area (Å²) in [6.45, 7) is 6.18. The van der Waals surface area contributed by atoms with Crippen LogP contribution in [0, 0.1) is 10.1 Å². The van der Waals surface area contributed by atoms with Gasteiger partial charge < -0.3 is 14.8 Å². The van der Waals surface area contributed by atoms with Gasteiger partial charge in [-0.3, -0.25) is 10.1 Å². The van der Waals surface area contributed by atoms with Crippen molar-refractivity contribution in [1.82, 2.24) is 0 Å². The number of nitro benzene ring substituents is 1. The van der Waals surface area contributed by atoms with Crippen LogP contribution in [-0.2, 0) is 5.41 Å². The van der Waals surface area contributed by atoms with Crippen LogP contribution in [0.4, 0.5) is 17.1 Å². The van der Waals surface area contributed by atoms with Crippen molar-refractivity contribution in [1.29, 1.82) is 0 Å². The van der Waals surface area contributed by atoms with Gasteiger partial charge in [0, 0.05) is 17.2 Å². The minimum Gasteiger partial charge on any atom is -0.458 e. The third-order valence-electron chi connectivity index (χ3n) is 6.63. The highest BCUT2D eigenvalue weighted by atomic mass is 16.6. The maximum atomic E-state index is 12.4. The first-order valence-corrected chi connectivity index (χ1v) is 11.6. The van der Waals surface area contributed by atoms with Crippen LogP contribution in [-0.4, -0.2) is 11.6 Å². The Hall–Kier alpha value is -4.26. The van der Waals surface area contributed by atoms with E-state index in [0.717, 1.165) is 27.9 Å². The number of para-hydroxylation sites is 2. The lowest BCUT2D eigenvalue weighted by atomic mass is 9.35. The Morgan fingerprint density at radius 1 is 0.829 bits per heavy atom. The number of hydrogen-bond donors (Lipinski definition) is 1. The maximum absolute atomic E-state index is 12.4. The molecular formula is C28H23BN2O4. The van der Waals surface area contributed by atoms with Gasteiger partial charge in [-0.15, -0.1) is 0 Å². The van der Waals surface area contributed by atoms with Gasteiger partial charge in [-0.1, -0.05) is 69.3 Å². The maximum Gasteiger partial charge on any atom is 0.334 e. The van der Waals surface area contributed by atoms with Crippen LogP contribution in [0.3, 0.4) is 0 Å². The Balaban J connectivity index is 1.57. The van der Waals surface area contributed by atoms with E-state index in [1.807, 2.05) is 66.7 Å². The van der Waals surface area contributed by atoms with Crippen LogP contribution in [0.25, 0.3) is 0 Å². The molecule has 0 aromatic heterocycles. The van der Waals surface area contributed by atoms with Crippen LogP contribution in [0.5, 0.6) is 23.0 Å². The average molecular weight is 462 g/mol. The predicted octanol–water partition coefficient (Wildman–Crippen LogP) is 5.36. The van der Waals surface area contributed by atoms with Crippen LogP contribution in [0.2, 0.25) is 0 Å². The van der Waals surface area contributed by atoms with Crippen molar-refractivity contribution in [2.45, 2.75) is 26.2 Å². The fraction of sp³-hybridized carbons (Fsp3) is 0.143. The summed E-state index contributed by atoms with van der Waals surface area (Å²) in [5.41, 5.74) is 4.66. The SMILES string of the molecule is CC(C)(C)c1cccc(Nc2cc3c4c(c2[N+](=O)[O-])Oc2ccccc2B4c2ccccc2O3)c1. The molecule has 6 nitrogen and oxygen atoms in total. The number of nitro groups is 1. The molecular weight excluding hydrogens is 439 g/mol. The van der Waals surface area contributed by atoms with Gasteiger partial charge in [-0.05, 0) is 46.2 Å². The predicted molar refractivity (Wildman–Crippen MR) is 139 cm³/mol. The van der Waals surface area contributed by atoms with Gasteiger partial charge >= 0.3 is 5.69 Å². The van der Waals surface area contributed by atoms with Crippen molar-refractivity contribution in [3.63, 3.8) is 0 Å². The summed E-state index contributed by atoms with van der Waals surface area (Å²) in [6, 6.07) is 25.2. The molecule has 2 aliphatic rings. The Kier molecular flexibility index (Phi) is 4.64. The van der Waals surface area contributed by atoms with Gasteiger partial charge in [0.1, 0.15) is 22.9 Å². The summed E-state index contributed by atoms with van der Waals surface area (Å²) in [4.78, 5) is 12.1. The van der Waals surface area contributed by atoms with Crippen molar-refractivity contribution in [3.05, 3.63) is 94.5 Å². The summed E-state index contributed by atoms with van der Waals surface area (Å²) in [7, 11) is 0. The average Bonchev–Trinajstić information content (AvgIpc) is 2.83. The highest BCUT2D eigenvalue weighted by Crippen LogP contribution is 2.45. The molecule has 1 N–H and O–H groups in total. The van der Waals surface area contributed by atoms with Crippen molar-refractivity contribution < 1.29 is 14.4 Å². The Morgan fingerprint density at radius 3 is 2.14 bits per heavy atom. The molecule has 0 unspecified atom stereocenters. The minimum atomic E-state index is -0.378. The first-order chi connectivity index (χ1) is 16.8. The van der Waals surface area contributed by atoms with Gasteiger partial charge in [0.05, 0.1) is 4.92 Å². The monoisotopic (exact) mass is 462 g/mol. The second-order valence-electron chi connectivity index (χ2n) is 9.94. The third-order valence-corrected chi connectivity index (χ3v) is 6.63. The smallest absolute Gasteiger partial charge is 0.334 e. The Labute approximate surface area is 203 Å². The van der Waals surface area contributed by atoms with Gasteiger partial charge in [0.25, 0.3) is 6.71 Å². The minimum absolute atomic E-state index is 0.0572. The van der Waals surface area contributed by atoms with Crippen molar-refractivity contribution >= 4 is 40.2 Å². The van der Waals surface area contributed by atoms with Crippen molar-refractivity contribution in [3.8, 4) is 23.0 Å². The molecule has 2 aliphatic heterocycles. The first kappa shape index (κ1) is 21.3. The molecule has 2 heterocycles. The summed E-state index contributed by atoms with van der Waals surface area (Å²) in [5.74, 6) is 2.13. The number of fused-ring (bicyclic) bond motifs is 4. The van der Waals surface area contributed by atoms with Gasteiger partial charge in [0.15, 0.2) is 0 Å². The molecule has 4 aromatic rings. The number of rotatable bonds is 3. The molecule has 7 heteroatoms. The molecule has 0 fully saturated rings. The number of benzene rings is 4. The van der Waals surface area contributed by atoms with E-state index in [1.54, 1.807) is 6.07 Å². The van der Waals surface area contributed by atoms with E-state index in [9.17, 15) is 10.1 Å². The van der Waals surface area contributed by atoms with E-state index < -0.39 is 0 Å². The fourth-order valence-corrected chi connectivity index (χ4v) is 4.93. The van der Waals surface area contributed by atoms with Crippen LogP contribution in [0.1, 0.15) is 26.3 Å².